The van der Waals surface area contributed by atoms with Gasteiger partial charge in [0, 0.05) is 24.6 Å². The molecule has 2 aromatic carbocycles. The van der Waals surface area contributed by atoms with Gasteiger partial charge in [0.2, 0.25) is 17.6 Å². The summed E-state index contributed by atoms with van der Waals surface area (Å²) in [5, 5.41) is 3.81. The number of hydrogen-bond acceptors (Lipinski definition) is 6. The number of halogens is 3. The number of carbonyl (C=O) groups excluding carboxylic acids is 1. The van der Waals surface area contributed by atoms with Crippen LogP contribution in [-0.4, -0.2) is 36.8 Å². The fourth-order valence-corrected chi connectivity index (χ4v) is 3.47. The predicted octanol–water partition coefficient (Wildman–Crippen LogP) is 4.29. The molecule has 162 valence electrons. The fraction of sp³-hybridized carbons (Fsp3) is 0.286. The molecule has 1 saturated heterocycles. The van der Waals surface area contributed by atoms with Crippen molar-refractivity contribution in [3.05, 3.63) is 53.9 Å². The lowest BCUT2D eigenvalue weighted by molar-refractivity contribution is -0.137. The highest BCUT2D eigenvalue weighted by Gasteiger charge is 2.37. The largest absolute Gasteiger partial charge is 0.497 e. The second-order valence-electron chi connectivity index (χ2n) is 6.98. The van der Waals surface area contributed by atoms with Gasteiger partial charge in [-0.3, -0.25) is 4.79 Å². The zero-order chi connectivity index (χ0) is 22.2. The SMILES string of the molecule is COc1ccc(N2C[C@@H](c3nc(-c4cccc(C(F)(F)F)c4)no3)CC2=O)c(OC)c1. The van der Waals surface area contributed by atoms with Crippen LogP contribution in [0.15, 0.2) is 47.0 Å². The molecule has 31 heavy (non-hydrogen) atoms. The number of aromatic nitrogens is 2. The minimum Gasteiger partial charge on any atom is -0.497 e. The minimum atomic E-state index is -4.47. The molecule has 0 unspecified atom stereocenters. The quantitative estimate of drug-likeness (QED) is 0.597. The molecule has 0 radical (unpaired) electrons. The van der Waals surface area contributed by atoms with E-state index in [2.05, 4.69) is 10.1 Å². The highest BCUT2D eigenvalue weighted by molar-refractivity contribution is 5.97. The van der Waals surface area contributed by atoms with Crippen LogP contribution in [0.4, 0.5) is 18.9 Å². The fourth-order valence-electron chi connectivity index (χ4n) is 3.47. The zero-order valence-corrected chi connectivity index (χ0v) is 16.6. The van der Waals surface area contributed by atoms with Crippen LogP contribution in [0.1, 0.15) is 23.8 Å². The van der Waals surface area contributed by atoms with Gasteiger partial charge < -0.3 is 18.9 Å². The van der Waals surface area contributed by atoms with E-state index in [-0.39, 0.29) is 36.2 Å². The Morgan fingerprint density at radius 1 is 1.13 bits per heavy atom. The van der Waals surface area contributed by atoms with Crippen LogP contribution >= 0.6 is 0 Å². The van der Waals surface area contributed by atoms with Crippen LogP contribution in [-0.2, 0) is 11.0 Å². The molecular weight excluding hydrogens is 415 g/mol. The van der Waals surface area contributed by atoms with Gasteiger partial charge in [-0.2, -0.15) is 18.2 Å². The van der Waals surface area contributed by atoms with Crippen LogP contribution in [0.25, 0.3) is 11.4 Å². The van der Waals surface area contributed by atoms with Gasteiger partial charge in [0.15, 0.2) is 0 Å². The number of alkyl halides is 3. The van der Waals surface area contributed by atoms with E-state index in [1.165, 1.54) is 26.4 Å². The lowest BCUT2D eigenvalue weighted by Gasteiger charge is -2.19. The Bertz CT molecular complexity index is 1110. The van der Waals surface area contributed by atoms with Crippen molar-refractivity contribution in [2.75, 3.05) is 25.7 Å². The maximum Gasteiger partial charge on any atom is 0.416 e. The third-order valence-corrected chi connectivity index (χ3v) is 5.04. The van der Waals surface area contributed by atoms with Crippen molar-refractivity contribution in [1.29, 1.82) is 0 Å². The van der Waals surface area contributed by atoms with Gasteiger partial charge in [-0.1, -0.05) is 17.3 Å². The molecule has 1 fully saturated rings. The molecule has 1 aliphatic heterocycles. The Balaban J connectivity index is 1.57. The number of ether oxygens (including phenoxy) is 2. The van der Waals surface area contributed by atoms with Crippen molar-refractivity contribution in [1.82, 2.24) is 10.1 Å². The Labute approximate surface area is 175 Å². The molecule has 3 aromatic rings. The van der Waals surface area contributed by atoms with Crippen molar-refractivity contribution < 1.29 is 32.0 Å². The summed E-state index contributed by atoms with van der Waals surface area (Å²) in [7, 11) is 3.03. The molecule has 2 heterocycles. The number of methoxy groups -OCH3 is 2. The van der Waals surface area contributed by atoms with E-state index in [9.17, 15) is 18.0 Å². The van der Waals surface area contributed by atoms with Crippen LogP contribution < -0.4 is 14.4 Å². The highest BCUT2D eigenvalue weighted by Crippen LogP contribution is 2.38. The normalized spacial score (nSPS) is 16.6. The molecule has 10 heteroatoms. The molecule has 1 atom stereocenters. The van der Waals surface area contributed by atoms with E-state index in [0.717, 1.165) is 12.1 Å². The van der Waals surface area contributed by atoms with Gasteiger partial charge in [0.1, 0.15) is 11.5 Å². The summed E-state index contributed by atoms with van der Waals surface area (Å²) in [5.74, 6) is 0.735. The van der Waals surface area contributed by atoms with Crippen molar-refractivity contribution >= 4 is 11.6 Å². The number of benzene rings is 2. The summed E-state index contributed by atoms with van der Waals surface area (Å²) < 4.78 is 54.7. The first kappa shape index (κ1) is 20.7. The molecule has 0 aliphatic carbocycles. The third-order valence-electron chi connectivity index (χ3n) is 5.04. The van der Waals surface area contributed by atoms with Gasteiger partial charge in [-0.15, -0.1) is 0 Å². The molecule has 0 bridgehead atoms. The van der Waals surface area contributed by atoms with Crippen LogP contribution in [0.2, 0.25) is 0 Å². The van der Waals surface area contributed by atoms with E-state index >= 15 is 0 Å². The lowest BCUT2D eigenvalue weighted by atomic mass is 10.1. The first-order chi connectivity index (χ1) is 14.8. The van der Waals surface area contributed by atoms with Crippen molar-refractivity contribution in [3.63, 3.8) is 0 Å². The van der Waals surface area contributed by atoms with Crippen LogP contribution in [0.3, 0.4) is 0 Å². The number of carbonyl (C=O) groups is 1. The van der Waals surface area contributed by atoms with Crippen LogP contribution in [0, 0.1) is 0 Å². The molecule has 0 N–H and O–H groups in total. The summed E-state index contributed by atoms with van der Waals surface area (Å²) in [6, 6.07) is 9.80. The van der Waals surface area contributed by atoms with E-state index in [1.807, 2.05) is 0 Å². The van der Waals surface area contributed by atoms with Gasteiger partial charge in [-0.05, 0) is 24.3 Å². The zero-order valence-electron chi connectivity index (χ0n) is 16.6. The van der Waals surface area contributed by atoms with Crippen molar-refractivity contribution in [2.45, 2.75) is 18.5 Å². The van der Waals surface area contributed by atoms with E-state index < -0.39 is 17.7 Å². The highest BCUT2D eigenvalue weighted by atomic mass is 19.4. The van der Waals surface area contributed by atoms with Gasteiger partial charge >= 0.3 is 6.18 Å². The Kier molecular flexibility index (Phi) is 5.30. The molecule has 1 aliphatic rings. The lowest BCUT2D eigenvalue weighted by Crippen LogP contribution is -2.24. The topological polar surface area (TPSA) is 77.7 Å². The first-order valence-corrected chi connectivity index (χ1v) is 9.33. The molecule has 7 nitrogen and oxygen atoms in total. The Morgan fingerprint density at radius 3 is 2.65 bits per heavy atom. The number of hydrogen-bond donors (Lipinski definition) is 0. The second kappa shape index (κ2) is 7.93. The number of anilines is 1. The minimum absolute atomic E-state index is 0.0361. The molecule has 4 rings (SSSR count). The van der Waals surface area contributed by atoms with Crippen molar-refractivity contribution in [3.8, 4) is 22.9 Å². The predicted molar refractivity (Wildman–Crippen MR) is 104 cm³/mol. The number of rotatable bonds is 5. The molecule has 0 saturated carbocycles. The first-order valence-electron chi connectivity index (χ1n) is 9.33. The Hall–Kier alpha value is -3.56. The average molecular weight is 433 g/mol. The molecule has 1 amide bonds. The third kappa shape index (κ3) is 4.05. The summed E-state index contributed by atoms with van der Waals surface area (Å²) in [5.41, 5.74) is -0.0404. The second-order valence-corrected chi connectivity index (χ2v) is 6.98. The summed E-state index contributed by atoms with van der Waals surface area (Å²) in [6.45, 7) is 0.270. The molecule has 0 spiro atoms. The maximum absolute atomic E-state index is 13.0. The molecular formula is C21H18F3N3O4. The van der Waals surface area contributed by atoms with E-state index in [0.29, 0.717) is 17.2 Å². The summed E-state index contributed by atoms with van der Waals surface area (Å²) >= 11 is 0. The number of nitrogens with zero attached hydrogens (tertiary/aromatic N) is 3. The van der Waals surface area contributed by atoms with Gasteiger partial charge in [0.25, 0.3) is 0 Å². The maximum atomic E-state index is 13.0. The monoisotopic (exact) mass is 433 g/mol. The van der Waals surface area contributed by atoms with E-state index in [4.69, 9.17) is 14.0 Å². The average Bonchev–Trinajstić information content (AvgIpc) is 3.40. The van der Waals surface area contributed by atoms with Crippen molar-refractivity contribution in [2.24, 2.45) is 0 Å². The van der Waals surface area contributed by atoms with Gasteiger partial charge in [-0.25, -0.2) is 0 Å². The van der Waals surface area contributed by atoms with Gasteiger partial charge in [0.05, 0.1) is 31.4 Å². The van der Waals surface area contributed by atoms with E-state index in [1.54, 1.807) is 23.1 Å². The van der Waals surface area contributed by atoms with Crippen LogP contribution in [0.5, 0.6) is 11.5 Å². The standard InChI is InChI=1S/C21H18F3N3O4/c1-29-15-6-7-16(17(10-15)30-2)27-11-13(9-18(27)28)20-25-19(26-31-20)12-4-3-5-14(8-12)21(22,23)24/h3-8,10,13H,9,11H2,1-2H3/t13-/m0/s1. The summed E-state index contributed by atoms with van der Waals surface area (Å²) in [4.78, 5) is 18.4. The molecule has 1 aromatic heterocycles. The Morgan fingerprint density at radius 2 is 1.94 bits per heavy atom. The smallest absolute Gasteiger partial charge is 0.416 e. The number of amides is 1. The summed E-state index contributed by atoms with van der Waals surface area (Å²) in [6.07, 6.45) is -4.35.